The lowest BCUT2D eigenvalue weighted by molar-refractivity contribution is 0.891. The van der Waals surface area contributed by atoms with Crippen molar-refractivity contribution in [2.45, 2.75) is 19.9 Å². The molecule has 4 rings (SSSR count). The van der Waals surface area contributed by atoms with Gasteiger partial charge in [-0.15, -0.1) is 0 Å². The molecule has 0 saturated heterocycles. The summed E-state index contributed by atoms with van der Waals surface area (Å²) in [6.45, 7) is 4.04. The molecule has 4 heteroatoms. The minimum absolute atomic E-state index is 0.0858. The van der Waals surface area contributed by atoms with Gasteiger partial charge in [0.25, 0.3) is 5.56 Å². The Kier molecular flexibility index (Phi) is 4.88. The van der Waals surface area contributed by atoms with E-state index in [4.69, 9.17) is 0 Å². The number of hydrogen-bond acceptors (Lipinski definition) is 3. The van der Waals surface area contributed by atoms with Crippen LogP contribution in [0.4, 0.5) is 5.69 Å². The first-order valence-electron chi connectivity index (χ1n) is 9.55. The molecular weight excluding hydrogens is 358 g/mol. The first-order valence-corrected chi connectivity index (χ1v) is 9.55. The second kappa shape index (κ2) is 7.65. The van der Waals surface area contributed by atoms with Crippen LogP contribution in [-0.2, 0) is 0 Å². The van der Waals surface area contributed by atoms with E-state index in [9.17, 15) is 10.1 Å². The predicted octanol–water partition coefficient (Wildman–Crippen LogP) is 5.55. The SMILES string of the molecule is Cc1cc(C(C)Nc2ccccc2C#N)c2cc(-c3ccccc3)[nH]c(=O)c2c1. The van der Waals surface area contributed by atoms with Crippen LogP contribution in [0.3, 0.4) is 0 Å². The highest BCUT2D eigenvalue weighted by Crippen LogP contribution is 2.30. The summed E-state index contributed by atoms with van der Waals surface area (Å²) in [6.07, 6.45) is 0. The lowest BCUT2D eigenvalue weighted by atomic mass is 9.96. The lowest BCUT2D eigenvalue weighted by Gasteiger charge is -2.20. The van der Waals surface area contributed by atoms with Crippen LogP contribution in [0.15, 0.2) is 77.6 Å². The first-order chi connectivity index (χ1) is 14.1. The number of fused-ring (bicyclic) bond motifs is 1. The number of nitrogens with one attached hydrogen (secondary N) is 2. The van der Waals surface area contributed by atoms with Gasteiger partial charge in [0, 0.05) is 17.1 Å². The fourth-order valence-electron chi connectivity index (χ4n) is 3.69. The molecule has 4 aromatic rings. The topological polar surface area (TPSA) is 68.7 Å². The molecule has 0 fully saturated rings. The zero-order valence-electron chi connectivity index (χ0n) is 16.4. The molecule has 1 aromatic heterocycles. The molecule has 0 bridgehead atoms. The molecule has 3 aromatic carbocycles. The third-order valence-corrected chi connectivity index (χ3v) is 5.11. The summed E-state index contributed by atoms with van der Waals surface area (Å²) in [5, 5.41) is 14.4. The van der Waals surface area contributed by atoms with Gasteiger partial charge in [0.2, 0.25) is 0 Å². The van der Waals surface area contributed by atoms with Crippen LogP contribution >= 0.6 is 0 Å². The largest absolute Gasteiger partial charge is 0.377 e. The molecule has 0 saturated carbocycles. The van der Waals surface area contributed by atoms with Gasteiger partial charge in [0.15, 0.2) is 0 Å². The average Bonchev–Trinajstić information content (AvgIpc) is 2.74. The molecule has 0 radical (unpaired) electrons. The van der Waals surface area contributed by atoms with E-state index < -0.39 is 0 Å². The summed E-state index contributed by atoms with van der Waals surface area (Å²) in [7, 11) is 0. The Labute approximate surface area is 169 Å². The van der Waals surface area contributed by atoms with Crippen molar-refractivity contribution in [3.63, 3.8) is 0 Å². The van der Waals surface area contributed by atoms with E-state index in [0.717, 1.165) is 33.5 Å². The van der Waals surface area contributed by atoms with Crippen LogP contribution in [0.1, 0.15) is 29.7 Å². The molecule has 1 unspecified atom stereocenters. The number of nitriles is 1. The summed E-state index contributed by atoms with van der Waals surface area (Å²) in [5.74, 6) is 0. The van der Waals surface area contributed by atoms with Crippen LogP contribution in [0.25, 0.3) is 22.0 Å². The summed E-state index contributed by atoms with van der Waals surface area (Å²) in [6, 6.07) is 25.5. The number of pyridine rings is 1. The Morgan fingerprint density at radius 2 is 1.69 bits per heavy atom. The van der Waals surface area contributed by atoms with Gasteiger partial charge in [0.05, 0.1) is 11.3 Å². The molecule has 0 aliphatic rings. The van der Waals surface area contributed by atoms with E-state index in [1.54, 1.807) is 6.07 Å². The molecule has 0 spiro atoms. The van der Waals surface area contributed by atoms with E-state index in [-0.39, 0.29) is 11.6 Å². The van der Waals surface area contributed by atoms with Crippen LogP contribution in [0, 0.1) is 18.3 Å². The van der Waals surface area contributed by atoms with Crippen molar-refractivity contribution in [3.05, 3.63) is 99.8 Å². The Hall–Kier alpha value is -3.84. The smallest absolute Gasteiger partial charge is 0.256 e. The zero-order chi connectivity index (χ0) is 20.4. The summed E-state index contributed by atoms with van der Waals surface area (Å²) in [4.78, 5) is 15.8. The highest BCUT2D eigenvalue weighted by Gasteiger charge is 2.15. The maximum absolute atomic E-state index is 12.8. The van der Waals surface area contributed by atoms with Crippen molar-refractivity contribution in [2.24, 2.45) is 0 Å². The fraction of sp³-hybridized carbons (Fsp3) is 0.120. The standard InChI is InChI=1S/C25H21N3O/c1-16-12-20(17(2)27-23-11-7-6-10-19(23)15-26)21-14-24(18-8-4-3-5-9-18)28-25(29)22(21)13-16/h3-14,17,27H,1-2H3,(H,28,29). The second-order valence-corrected chi connectivity index (χ2v) is 7.22. The Morgan fingerprint density at radius 1 is 0.966 bits per heavy atom. The Balaban J connectivity index is 1.86. The maximum atomic E-state index is 12.8. The highest BCUT2D eigenvalue weighted by atomic mass is 16.1. The van der Waals surface area contributed by atoms with Crippen molar-refractivity contribution >= 4 is 16.5 Å². The predicted molar refractivity (Wildman–Crippen MR) is 118 cm³/mol. The van der Waals surface area contributed by atoms with Crippen molar-refractivity contribution in [1.82, 2.24) is 4.98 Å². The first kappa shape index (κ1) is 18.5. The molecule has 0 aliphatic carbocycles. The number of aromatic nitrogens is 1. The van der Waals surface area contributed by atoms with Crippen molar-refractivity contribution in [1.29, 1.82) is 5.26 Å². The molecular formula is C25H21N3O. The minimum atomic E-state index is -0.101. The normalized spacial score (nSPS) is 11.8. The van der Waals surface area contributed by atoms with Gasteiger partial charge in [-0.1, -0.05) is 48.5 Å². The summed E-state index contributed by atoms with van der Waals surface area (Å²) < 4.78 is 0. The number of aryl methyl sites for hydroxylation is 1. The molecule has 2 N–H and O–H groups in total. The third-order valence-electron chi connectivity index (χ3n) is 5.11. The van der Waals surface area contributed by atoms with Crippen molar-refractivity contribution in [3.8, 4) is 17.3 Å². The molecule has 0 aliphatic heterocycles. The van der Waals surface area contributed by atoms with E-state index in [2.05, 4.69) is 22.4 Å². The number of H-pyrrole nitrogens is 1. The van der Waals surface area contributed by atoms with E-state index >= 15 is 0 Å². The number of anilines is 1. The van der Waals surface area contributed by atoms with E-state index in [0.29, 0.717) is 10.9 Å². The van der Waals surface area contributed by atoms with Crippen LogP contribution in [-0.4, -0.2) is 4.98 Å². The van der Waals surface area contributed by atoms with Gasteiger partial charge in [-0.3, -0.25) is 4.79 Å². The number of para-hydroxylation sites is 1. The van der Waals surface area contributed by atoms with Crippen molar-refractivity contribution in [2.75, 3.05) is 5.32 Å². The number of benzene rings is 3. The highest BCUT2D eigenvalue weighted by molar-refractivity contribution is 5.89. The molecule has 142 valence electrons. The van der Waals surface area contributed by atoms with Gasteiger partial charge >= 0.3 is 0 Å². The monoisotopic (exact) mass is 379 g/mol. The maximum Gasteiger partial charge on any atom is 0.256 e. The molecule has 29 heavy (non-hydrogen) atoms. The molecule has 1 atom stereocenters. The van der Waals surface area contributed by atoms with Gasteiger partial charge in [-0.2, -0.15) is 5.26 Å². The molecule has 0 amide bonds. The van der Waals surface area contributed by atoms with Gasteiger partial charge in [-0.25, -0.2) is 0 Å². The van der Waals surface area contributed by atoms with Gasteiger partial charge in [-0.05, 0) is 60.2 Å². The zero-order valence-corrected chi connectivity index (χ0v) is 16.4. The molecule has 4 nitrogen and oxygen atoms in total. The lowest BCUT2D eigenvalue weighted by Crippen LogP contribution is -2.13. The second-order valence-electron chi connectivity index (χ2n) is 7.22. The Bertz CT molecular complexity index is 1280. The molecule has 1 heterocycles. The van der Waals surface area contributed by atoms with Gasteiger partial charge in [0.1, 0.15) is 6.07 Å². The van der Waals surface area contributed by atoms with Crippen LogP contribution < -0.4 is 10.9 Å². The minimum Gasteiger partial charge on any atom is -0.377 e. The number of rotatable bonds is 4. The van der Waals surface area contributed by atoms with E-state index in [1.165, 1.54) is 0 Å². The van der Waals surface area contributed by atoms with E-state index in [1.807, 2.05) is 74.5 Å². The number of aromatic amines is 1. The summed E-state index contributed by atoms with van der Waals surface area (Å²) in [5.41, 5.74) is 5.08. The number of nitrogens with zero attached hydrogens (tertiary/aromatic N) is 1. The van der Waals surface area contributed by atoms with Gasteiger partial charge < -0.3 is 10.3 Å². The van der Waals surface area contributed by atoms with Crippen LogP contribution in [0.2, 0.25) is 0 Å². The third kappa shape index (κ3) is 3.63. The average molecular weight is 379 g/mol. The fourth-order valence-corrected chi connectivity index (χ4v) is 3.69. The summed E-state index contributed by atoms with van der Waals surface area (Å²) >= 11 is 0. The van der Waals surface area contributed by atoms with Crippen molar-refractivity contribution < 1.29 is 0 Å². The Morgan fingerprint density at radius 3 is 2.45 bits per heavy atom. The number of hydrogen-bond donors (Lipinski definition) is 2. The quantitative estimate of drug-likeness (QED) is 0.488. The van der Waals surface area contributed by atoms with Crippen LogP contribution in [0.5, 0.6) is 0 Å².